The van der Waals surface area contributed by atoms with Crippen LogP contribution < -0.4 is 0 Å². The first-order valence-electron chi connectivity index (χ1n) is 4.97. The molecule has 1 aromatic rings. The lowest BCUT2D eigenvalue weighted by atomic mass is 10.0. The normalized spacial score (nSPS) is 28.9. The minimum Gasteiger partial charge on any atom is -0.166 e. The Bertz CT molecular complexity index is 408. The smallest absolute Gasteiger partial charge is 0.166 e. The second kappa shape index (κ2) is 4.90. The van der Waals surface area contributed by atoms with Gasteiger partial charge in [0, 0.05) is 5.25 Å². The van der Waals surface area contributed by atoms with Crippen molar-refractivity contribution in [2.45, 2.75) is 27.9 Å². The van der Waals surface area contributed by atoms with Gasteiger partial charge in [-0.2, -0.15) is 13.2 Å². The first-order chi connectivity index (χ1) is 7.88. The van der Waals surface area contributed by atoms with E-state index in [4.69, 9.17) is 23.2 Å². The van der Waals surface area contributed by atoms with Gasteiger partial charge in [-0.05, 0) is 18.1 Å². The van der Waals surface area contributed by atoms with E-state index in [9.17, 15) is 13.2 Å². The lowest BCUT2D eigenvalue weighted by Gasteiger charge is -2.36. The Kier molecular flexibility index (Phi) is 3.86. The summed E-state index contributed by atoms with van der Waals surface area (Å²) in [4.78, 5) is 0. The second-order valence-electron chi connectivity index (χ2n) is 3.87. The van der Waals surface area contributed by atoms with Gasteiger partial charge in [-0.1, -0.05) is 18.2 Å². The van der Waals surface area contributed by atoms with E-state index >= 15 is 0 Å². The Balaban J connectivity index is 2.07. The summed E-state index contributed by atoms with van der Waals surface area (Å²) in [5, 5.41) is -0.0705. The molecule has 0 aliphatic carbocycles. The van der Waals surface area contributed by atoms with Gasteiger partial charge >= 0.3 is 6.18 Å². The Labute approximate surface area is 111 Å². The quantitative estimate of drug-likeness (QED) is 0.723. The van der Waals surface area contributed by atoms with Crippen molar-refractivity contribution in [3.05, 3.63) is 35.4 Å². The van der Waals surface area contributed by atoms with E-state index in [1.807, 2.05) is 0 Å². The largest absolute Gasteiger partial charge is 0.416 e. The molecule has 0 N–H and O–H groups in total. The van der Waals surface area contributed by atoms with Crippen molar-refractivity contribution in [3.63, 3.8) is 0 Å². The van der Waals surface area contributed by atoms with Crippen LogP contribution in [0.2, 0.25) is 0 Å². The van der Waals surface area contributed by atoms with Gasteiger partial charge in [0.1, 0.15) is 0 Å². The third kappa shape index (κ3) is 3.04. The lowest BCUT2D eigenvalue weighted by molar-refractivity contribution is -0.137. The van der Waals surface area contributed by atoms with E-state index in [0.717, 1.165) is 6.07 Å². The number of hydrogen-bond acceptors (Lipinski definition) is 1. The van der Waals surface area contributed by atoms with Crippen molar-refractivity contribution in [1.82, 2.24) is 0 Å². The summed E-state index contributed by atoms with van der Waals surface area (Å²) in [6.45, 7) is 0. The molecule has 1 heterocycles. The van der Waals surface area contributed by atoms with Crippen molar-refractivity contribution in [1.29, 1.82) is 0 Å². The predicted molar refractivity (Wildman–Crippen MR) is 65.8 cm³/mol. The Morgan fingerprint density at radius 1 is 1.24 bits per heavy atom. The molecule has 1 saturated heterocycles. The SMILES string of the molecule is FC(F)(F)c1cccc(CC2SC(Cl)C2Cl)c1. The van der Waals surface area contributed by atoms with Crippen molar-refractivity contribution in [3.8, 4) is 0 Å². The maximum absolute atomic E-state index is 12.5. The lowest BCUT2D eigenvalue weighted by Crippen LogP contribution is -2.39. The molecule has 3 atom stereocenters. The molecule has 1 fully saturated rings. The number of hydrogen-bond donors (Lipinski definition) is 0. The van der Waals surface area contributed by atoms with Crippen LogP contribution >= 0.6 is 35.0 Å². The first-order valence-corrected chi connectivity index (χ1v) is 6.79. The fourth-order valence-electron chi connectivity index (χ4n) is 1.66. The van der Waals surface area contributed by atoms with Crippen LogP contribution in [0.5, 0.6) is 0 Å². The maximum Gasteiger partial charge on any atom is 0.416 e. The second-order valence-corrected chi connectivity index (χ2v) is 6.49. The van der Waals surface area contributed by atoms with Crippen LogP contribution in [0.4, 0.5) is 13.2 Å². The van der Waals surface area contributed by atoms with Crippen LogP contribution in [-0.4, -0.2) is 15.3 Å². The summed E-state index contributed by atoms with van der Waals surface area (Å²) in [5.41, 5.74) is 0.0272. The van der Waals surface area contributed by atoms with Crippen molar-refractivity contribution < 1.29 is 13.2 Å². The molecule has 0 spiro atoms. The van der Waals surface area contributed by atoms with Gasteiger partial charge in [0.05, 0.1) is 15.6 Å². The van der Waals surface area contributed by atoms with Gasteiger partial charge in [0.2, 0.25) is 0 Å². The molecule has 0 aromatic heterocycles. The molecule has 0 nitrogen and oxygen atoms in total. The summed E-state index contributed by atoms with van der Waals surface area (Å²) in [7, 11) is 0. The Morgan fingerprint density at radius 2 is 1.94 bits per heavy atom. The van der Waals surface area contributed by atoms with E-state index < -0.39 is 11.7 Å². The summed E-state index contributed by atoms with van der Waals surface area (Å²) in [6, 6.07) is 5.34. The fraction of sp³-hybridized carbons (Fsp3) is 0.455. The van der Waals surface area contributed by atoms with E-state index in [0.29, 0.717) is 12.0 Å². The monoisotopic (exact) mass is 300 g/mol. The van der Waals surface area contributed by atoms with Gasteiger partial charge < -0.3 is 0 Å². The fourth-order valence-corrected chi connectivity index (χ4v) is 3.77. The van der Waals surface area contributed by atoms with Gasteiger partial charge in [0.15, 0.2) is 0 Å². The summed E-state index contributed by atoms with van der Waals surface area (Å²) >= 11 is 13.3. The number of thioether (sulfide) groups is 1. The molecule has 17 heavy (non-hydrogen) atoms. The molecule has 2 rings (SSSR count). The standard InChI is InChI=1S/C11H9Cl2F3S/c12-9-8(17-10(9)13)5-6-2-1-3-7(4-6)11(14,15)16/h1-4,8-10H,5H2. The van der Waals surface area contributed by atoms with E-state index in [-0.39, 0.29) is 15.3 Å². The average molecular weight is 301 g/mol. The minimum atomic E-state index is -4.29. The Morgan fingerprint density at radius 3 is 2.47 bits per heavy atom. The molecule has 3 unspecified atom stereocenters. The zero-order valence-electron chi connectivity index (χ0n) is 8.55. The van der Waals surface area contributed by atoms with Gasteiger partial charge in [-0.3, -0.25) is 0 Å². The van der Waals surface area contributed by atoms with Gasteiger partial charge in [0.25, 0.3) is 0 Å². The van der Waals surface area contributed by atoms with Crippen molar-refractivity contribution in [2.75, 3.05) is 0 Å². The van der Waals surface area contributed by atoms with Crippen molar-refractivity contribution >= 4 is 35.0 Å². The van der Waals surface area contributed by atoms with Crippen LogP contribution in [0.15, 0.2) is 24.3 Å². The summed E-state index contributed by atoms with van der Waals surface area (Å²) in [5.74, 6) is 0. The molecule has 1 aliphatic rings. The van der Waals surface area contributed by atoms with Crippen LogP contribution in [0.25, 0.3) is 0 Å². The third-order valence-corrected chi connectivity index (χ3v) is 5.53. The molecule has 0 radical (unpaired) electrons. The molecule has 0 amide bonds. The molecular weight excluding hydrogens is 292 g/mol. The highest BCUT2D eigenvalue weighted by Gasteiger charge is 2.39. The molecule has 0 bridgehead atoms. The zero-order valence-corrected chi connectivity index (χ0v) is 10.9. The number of alkyl halides is 5. The third-order valence-electron chi connectivity index (χ3n) is 2.60. The van der Waals surface area contributed by atoms with Crippen LogP contribution in [0, 0.1) is 0 Å². The maximum atomic E-state index is 12.5. The van der Waals surface area contributed by atoms with E-state index in [2.05, 4.69) is 0 Å². The van der Waals surface area contributed by atoms with E-state index in [1.165, 1.54) is 23.9 Å². The Hall–Kier alpha value is -0.0600. The molecular formula is C11H9Cl2F3S. The number of rotatable bonds is 2. The number of benzene rings is 1. The predicted octanol–water partition coefficient (Wildman–Crippen LogP) is 4.54. The molecule has 94 valence electrons. The highest BCUT2D eigenvalue weighted by atomic mass is 35.5. The zero-order chi connectivity index (χ0) is 12.6. The summed E-state index contributed by atoms with van der Waals surface area (Å²) < 4.78 is 37.3. The average Bonchev–Trinajstić information content (AvgIpc) is 2.27. The first kappa shape index (κ1) is 13.4. The van der Waals surface area contributed by atoms with Crippen LogP contribution in [0.3, 0.4) is 0 Å². The number of halogens is 5. The highest BCUT2D eigenvalue weighted by Crippen LogP contribution is 2.44. The molecule has 0 saturated carbocycles. The highest BCUT2D eigenvalue weighted by molar-refractivity contribution is 8.03. The minimum absolute atomic E-state index is 0.0997. The topological polar surface area (TPSA) is 0 Å². The van der Waals surface area contributed by atoms with Crippen LogP contribution in [-0.2, 0) is 12.6 Å². The van der Waals surface area contributed by atoms with E-state index in [1.54, 1.807) is 6.07 Å². The molecule has 1 aliphatic heterocycles. The summed E-state index contributed by atoms with van der Waals surface area (Å²) in [6.07, 6.45) is -3.77. The molecule has 1 aromatic carbocycles. The van der Waals surface area contributed by atoms with Crippen LogP contribution in [0.1, 0.15) is 11.1 Å². The van der Waals surface area contributed by atoms with Gasteiger partial charge in [-0.25, -0.2) is 0 Å². The van der Waals surface area contributed by atoms with Gasteiger partial charge in [-0.15, -0.1) is 35.0 Å². The van der Waals surface area contributed by atoms with Crippen molar-refractivity contribution in [2.24, 2.45) is 0 Å². The molecule has 6 heteroatoms.